The first-order chi connectivity index (χ1) is 10.5. The third kappa shape index (κ3) is 3.67. The molecule has 6 unspecified atom stereocenters. The van der Waals surface area contributed by atoms with E-state index in [2.05, 4.69) is 13.0 Å². The van der Waals surface area contributed by atoms with Crippen LogP contribution in [0.25, 0.3) is 0 Å². The molecule has 1 aliphatic heterocycles. The van der Waals surface area contributed by atoms with Crippen molar-refractivity contribution < 1.29 is 17.9 Å². The number of alkyl halides is 3. The van der Waals surface area contributed by atoms with Crippen molar-refractivity contribution in [3.63, 3.8) is 0 Å². The van der Waals surface area contributed by atoms with E-state index in [9.17, 15) is 13.2 Å². The van der Waals surface area contributed by atoms with Crippen molar-refractivity contribution in [2.75, 3.05) is 13.1 Å². The van der Waals surface area contributed by atoms with Gasteiger partial charge in [-0.3, -0.25) is 4.90 Å². The molecular formula is C17H26F3NO. The lowest BCUT2D eigenvalue weighted by atomic mass is 9.89. The van der Waals surface area contributed by atoms with Gasteiger partial charge in [0.25, 0.3) is 0 Å². The van der Waals surface area contributed by atoms with Crippen molar-refractivity contribution in [2.24, 2.45) is 0 Å². The second kappa shape index (κ2) is 6.91. The molecule has 0 bridgehead atoms. The molecule has 2 fully saturated rings. The van der Waals surface area contributed by atoms with Gasteiger partial charge in [-0.15, -0.1) is 0 Å². The Morgan fingerprint density at radius 3 is 2.68 bits per heavy atom. The van der Waals surface area contributed by atoms with Gasteiger partial charge in [0.2, 0.25) is 0 Å². The Bertz CT molecular complexity index is 417. The van der Waals surface area contributed by atoms with Crippen LogP contribution in [0.5, 0.6) is 0 Å². The maximum Gasteiger partial charge on any atom is 0.147 e. The zero-order valence-electron chi connectivity index (χ0n) is 13.2. The number of hydrogen-bond donors (Lipinski definition) is 0. The fourth-order valence-corrected chi connectivity index (χ4v) is 3.96. The normalized spacial score (nSPS) is 44.1. The SMILES string of the molecule is CC1=CCC(OC2CCN(C3CC(F)CC(F)C3F)C2)CC1. The van der Waals surface area contributed by atoms with Gasteiger partial charge in [0.05, 0.1) is 12.2 Å². The van der Waals surface area contributed by atoms with E-state index in [1.54, 1.807) is 0 Å². The summed E-state index contributed by atoms with van der Waals surface area (Å²) in [5.41, 5.74) is 1.42. The highest BCUT2D eigenvalue weighted by Crippen LogP contribution is 2.33. The minimum atomic E-state index is -1.67. The average molecular weight is 317 g/mol. The first-order valence-corrected chi connectivity index (χ1v) is 8.50. The van der Waals surface area contributed by atoms with Crippen LogP contribution in [0.3, 0.4) is 0 Å². The molecule has 126 valence electrons. The van der Waals surface area contributed by atoms with Gasteiger partial charge >= 0.3 is 0 Å². The highest BCUT2D eigenvalue weighted by Gasteiger charge is 2.43. The van der Waals surface area contributed by atoms with Crippen LogP contribution >= 0.6 is 0 Å². The van der Waals surface area contributed by atoms with Crippen LogP contribution in [0.2, 0.25) is 0 Å². The minimum absolute atomic E-state index is 0.0713. The molecule has 0 aromatic heterocycles. The molecular weight excluding hydrogens is 291 g/mol. The Labute approximate surface area is 130 Å². The predicted octanol–water partition coefficient (Wildman–Crippen LogP) is 3.75. The molecule has 5 heteroatoms. The van der Waals surface area contributed by atoms with Crippen LogP contribution in [-0.2, 0) is 4.74 Å². The van der Waals surface area contributed by atoms with Crippen LogP contribution in [0.4, 0.5) is 13.2 Å². The molecule has 1 heterocycles. The molecule has 2 nitrogen and oxygen atoms in total. The minimum Gasteiger partial charge on any atom is -0.373 e. The van der Waals surface area contributed by atoms with Gasteiger partial charge < -0.3 is 4.74 Å². The van der Waals surface area contributed by atoms with E-state index in [1.807, 2.05) is 4.90 Å². The summed E-state index contributed by atoms with van der Waals surface area (Å²) in [5, 5.41) is 0. The first kappa shape index (κ1) is 16.3. The number of halogens is 3. The number of hydrogen-bond acceptors (Lipinski definition) is 2. The van der Waals surface area contributed by atoms with E-state index in [4.69, 9.17) is 4.74 Å². The van der Waals surface area contributed by atoms with Crippen LogP contribution in [-0.4, -0.2) is 54.8 Å². The molecule has 0 aromatic carbocycles. The highest BCUT2D eigenvalue weighted by molar-refractivity contribution is 5.03. The van der Waals surface area contributed by atoms with E-state index in [0.717, 1.165) is 25.7 Å². The zero-order valence-corrected chi connectivity index (χ0v) is 13.2. The van der Waals surface area contributed by atoms with Gasteiger partial charge in [-0.1, -0.05) is 11.6 Å². The standard InChI is InChI=1S/C17H26F3NO/c1-11-2-4-13(5-3-11)22-14-6-7-21(10-14)16-9-12(18)8-15(19)17(16)20/h2,12-17H,3-10H2,1H3. The monoisotopic (exact) mass is 317 g/mol. The third-order valence-electron chi connectivity index (χ3n) is 5.31. The second-order valence-corrected chi connectivity index (χ2v) is 7.09. The van der Waals surface area contributed by atoms with Crippen molar-refractivity contribution in [1.82, 2.24) is 4.90 Å². The number of likely N-dealkylation sites (tertiary alicyclic amines) is 1. The van der Waals surface area contributed by atoms with E-state index < -0.39 is 24.6 Å². The van der Waals surface area contributed by atoms with E-state index in [0.29, 0.717) is 13.1 Å². The van der Waals surface area contributed by atoms with E-state index in [1.165, 1.54) is 5.57 Å². The van der Waals surface area contributed by atoms with Gasteiger partial charge in [-0.25, -0.2) is 13.2 Å². The summed E-state index contributed by atoms with van der Waals surface area (Å²) < 4.78 is 47.3. The van der Waals surface area contributed by atoms with Crippen molar-refractivity contribution in [3.05, 3.63) is 11.6 Å². The maximum atomic E-state index is 14.1. The summed E-state index contributed by atoms with van der Waals surface area (Å²) in [4.78, 5) is 1.90. The summed E-state index contributed by atoms with van der Waals surface area (Å²) in [6.07, 6.45) is 1.78. The van der Waals surface area contributed by atoms with Crippen LogP contribution in [0, 0.1) is 0 Å². The molecule has 0 aromatic rings. The lowest BCUT2D eigenvalue weighted by Crippen LogP contribution is -2.50. The summed E-state index contributed by atoms with van der Waals surface area (Å²) in [5.74, 6) is 0. The van der Waals surface area contributed by atoms with Gasteiger partial charge in [-0.05, 0) is 39.0 Å². The maximum absolute atomic E-state index is 14.1. The molecule has 1 saturated heterocycles. The number of allylic oxidation sites excluding steroid dienone is 1. The Hall–Kier alpha value is -0.550. The molecule has 0 radical (unpaired) electrons. The molecule has 6 atom stereocenters. The van der Waals surface area contributed by atoms with Crippen molar-refractivity contribution in [2.45, 2.75) is 82.2 Å². The van der Waals surface area contributed by atoms with Gasteiger partial charge in [0.15, 0.2) is 0 Å². The molecule has 22 heavy (non-hydrogen) atoms. The predicted molar refractivity (Wildman–Crippen MR) is 80.2 cm³/mol. The highest BCUT2D eigenvalue weighted by atomic mass is 19.2. The van der Waals surface area contributed by atoms with E-state index in [-0.39, 0.29) is 25.0 Å². The van der Waals surface area contributed by atoms with Gasteiger partial charge in [-0.2, -0.15) is 0 Å². The quantitative estimate of drug-likeness (QED) is 0.735. The molecule has 1 saturated carbocycles. The molecule has 2 aliphatic carbocycles. The molecule has 0 spiro atoms. The topological polar surface area (TPSA) is 12.5 Å². The third-order valence-corrected chi connectivity index (χ3v) is 5.31. The fraction of sp³-hybridized carbons (Fsp3) is 0.882. The van der Waals surface area contributed by atoms with Crippen LogP contribution in [0.15, 0.2) is 11.6 Å². The Morgan fingerprint density at radius 2 is 1.95 bits per heavy atom. The first-order valence-electron chi connectivity index (χ1n) is 8.50. The number of nitrogens with zero attached hydrogens (tertiary/aromatic N) is 1. The molecule has 0 amide bonds. The average Bonchev–Trinajstić information content (AvgIpc) is 2.93. The largest absolute Gasteiger partial charge is 0.373 e. The molecule has 3 aliphatic rings. The Kier molecular flexibility index (Phi) is 5.13. The number of ether oxygens (including phenoxy) is 1. The van der Waals surface area contributed by atoms with Crippen LogP contribution < -0.4 is 0 Å². The fourth-order valence-electron chi connectivity index (χ4n) is 3.96. The van der Waals surface area contributed by atoms with Gasteiger partial charge in [0.1, 0.15) is 18.5 Å². The van der Waals surface area contributed by atoms with Gasteiger partial charge in [0, 0.05) is 25.6 Å². The van der Waals surface area contributed by atoms with Crippen LogP contribution in [0.1, 0.15) is 45.4 Å². The summed E-state index contributed by atoms with van der Waals surface area (Å²) in [7, 11) is 0. The number of rotatable bonds is 3. The lowest BCUT2D eigenvalue weighted by molar-refractivity contribution is -0.0296. The van der Waals surface area contributed by atoms with Crippen molar-refractivity contribution in [3.8, 4) is 0 Å². The van der Waals surface area contributed by atoms with Crippen molar-refractivity contribution in [1.29, 1.82) is 0 Å². The smallest absolute Gasteiger partial charge is 0.147 e. The molecule has 3 rings (SSSR count). The molecule has 0 N–H and O–H groups in total. The summed E-state index contributed by atoms with van der Waals surface area (Å²) in [6.45, 7) is 3.42. The Morgan fingerprint density at radius 1 is 1.14 bits per heavy atom. The van der Waals surface area contributed by atoms with Crippen molar-refractivity contribution >= 4 is 0 Å². The second-order valence-electron chi connectivity index (χ2n) is 7.09. The van der Waals surface area contributed by atoms with E-state index >= 15 is 0 Å². The lowest BCUT2D eigenvalue weighted by Gasteiger charge is -2.37. The summed E-state index contributed by atoms with van der Waals surface area (Å²) >= 11 is 0. The zero-order chi connectivity index (χ0) is 15.7. The summed E-state index contributed by atoms with van der Waals surface area (Å²) in [6, 6.07) is -0.624. The Balaban J connectivity index is 1.51.